The third kappa shape index (κ3) is 2.32. The lowest BCUT2D eigenvalue weighted by Crippen LogP contribution is -2.19. The van der Waals surface area contributed by atoms with Crippen LogP contribution in [0.4, 0.5) is 5.69 Å². The lowest BCUT2D eigenvalue weighted by Gasteiger charge is -2.10. The maximum absolute atomic E-state index is 6.19. The highest BCUT2D eigenvalue weighted by molar-refractivity contribution is 5.86. The fourth-order valence-corrected chi connectivity index (χ4v) is 3.65. The van der Waals surface area contributed by atoms with E-state index in [2.05, 4.69) is 69.4 Å². The molecule has 0 amide bonds. The van der Waals surface area contributed by atoms with E-state index in [-0.39, 0.29) is 0 Å². The van der Waals surface area contributed by atoms with Gasteiger partial charge in [0, 0.05) is 12.2 Å². The van der Waals surface area contributed by atoms with Gasteiger partial charge in [-0.05, 0) is 51.8 Å². The van der Waals surface area contributed by atoms with Crippen LogP contribution in [-0.4, -0.2) is 6.54 Å². The van der Waals surface area contributed by atoms with E-state index in [1.807, 2.05) is 0 Å². The first-order chi connectivity index (χ1) is 9.84. The van der Waals surface area contributed by atoms with Gasteiger partial charge in [-0.3, -0.25) is 0 Å². The lowest BCUT2D eigenvalue weighted by atomic mass is 10.0. The fourth-order valence-electron chi connectivity index (χ4n) is 3.65. The first-order valence-electron chi connectivity index (χ1n) is 7.82. The standard InChI is InChI=1S/C19H26N2/c1-18(2)17(19(18,3)4)12-21-11-15-9-13-7-5-6-8-14(13)10-16(15)20/h5-10,17,21H,11-12,20H2,1-4H3. The molecular weight excluding hydrogens is 256 g/mol. The quantitative estimate of drug-likeness (QED) is 0.825. The van der Waals surface area contributed by atoms with Gasteiger partial charge in [0.15, 0.2) is 0 Å². The highest BCUT2D eigenvalue weighted by Crippen LogP contribution is 2.67. The van der Waals surface area contributed by atoms with E-state index >= 15 is 0 Å². The largest absolute Gasteiger partial charge is 0.398 e. The van der Waals surface area contributed by atoms with Gasteiger partial charge in [0.1, 0.15) is 0 Å². The van der Waals surface area contributed by atoms with E-state index in [9.17, 15) is 0 Å². The maximum Gasteiger partial charge on any atom is 0.0366 e. The van der Waals surface area contributed by atoms with Gasteiger partial charge in [-0.2, -0.15) is 0 Å². The Labute approximate surface area is 127 Å². The van der Waals surface area contributed by atoms with Crippen LogP contribution in [0.5, 0.6) is 0 Å². The molecule has 0 heterocycles. The van der Waals surface area contributed by atoms with Crippen molar-refractivity contribution < 1.29 is 0 Å². The van der Waals surface area contributed by atoms with Gasteiger partial charge in [0.25, 0.3) is 0 Å². The van der Waals surface area contributed by atoms with Crippen LogP contribution in [0.25, 0.3) is 10.8 Å². The Kier molecular flexibility index (Phi) is 3.25. The average molecular weight is 282 g/mol. The highest BCUT2D eigenvalue weighted by atomic mass is 14.9. The molecule has 1 aliphatic carbocycles. The number of hydrogen-bond acceptors (Lipinski definition) is 2. The molecule has 0 unspecified atom stereocenters. The third-order valence-electron chi connectivity index (χ3n) is 5.99. The maximum atomic E-state index is 6.19. The molecule has 2 nitrogen and oxygen atoms in total. The number of nitrogens with two attached hydrogens (primary N) is 1. The topological polar surface area (TPSA) is 38.0 Å². The second kappa shape index (κ2) is 4.74. The Morgan fingerprint density at radius 1 is 1.00 bits per heavy atom. The van der Waals surface area contributed by atoms with Crippen molar-refractivity contribution in [2.24, 2.45) is 16.7 Å². The van der Waals surface area contributed by atoms with Crippen LogP contribution in [0.1, 0.15) is 33.3 Å². The number of rotatable bonds is 4. The van der Waals surface area contributed by atoms with Crippen LogP contribution in [0.2, 0.25) is 0 Å². The molecule has 1 fully saturated rings. The van der Waals surface area contributed by atoms with Crippen LogP contribution in [0.3, 0.4) is 0 Å². The molecule has 0 spiro atoms. The molecule has 0 aliphatic heterocycles. The van der Waals surface area contributed by atoms with Crippen LogP contribution in [-0.2, 0) is 6.54 Å². The van der Waals surface area contributed by atoms with Gasteiger partial charge >= 0.3 is 0 Å². The summed E-state index contributed by atoms with van der Waals surface area (Å²) in [5.74, 6) is 0.742. The molecule has 0 radical (unpaired) electrons. The van der Waals surface area contributed by atoms with Gasteiger partial charge < -0.3 is 11.1 Å². The van der Waals surface area contributed by atoms with E-state index in [4.69, 9.17) is 5.73 Å². The van der Waals surface area contributed by atoms with Crippen molar-refractivity contribution in [3.05, 3.63) is 42.0 Å². The summed E-state index contributed by atoms with van der Waals surface area (Å²) in [5.41, 5.74) is 9.15. The zero-order chi connectivity index (χ0) is 15.3. The average Bonchev–Trinajstić information content (AvgIpc) is 2.81. The second-order valence-corrected chi connectivity index (χ2v) is 7.53. The fraction of sp³-hybridized carbons (Fsp3) is 0.474. The first kappa shape index (κ1) is 14.4. The molecule has 0 saturated heterocycles. The SMILES string of the molecule is CC1(C)C(CNCc2cc3ccccc3cc2N)C1(C)C. The molecule has 21 heavy (non-hydrogen) atoms. The van der Waals surface area contributed by atoms with E-state index < -0.39 is 0 Å². The normalized spacial score (nSPS) is 19.8. The number of nitrogens with one attached hydrogen (secondary N) is 1. The van der Waals surface area contributed by atoms with Crippen molar-refractivity contribution in [1.82, 2.24) is 5.32 Å². The summed E-state index contributed by atoms with van der Waals surface area (Å²) in [5, 5.41) is 6.07. The van der Waals surface area contributed by atoms with E-state index in [1.165, 1.54) is 16.3 Å². The Balaban J connectivity index is 1.68. The number of fused-ring (bicyclic) bond motifs is 1. The molecule has 112 valence electrons. The van der Waals surface area contributed by atoms with Crippen LogP contribution < -0.4 is 11.1 Å². The molecule has 2 aromatic rings. The van der Waals surface area contributed by atoms with Gasteiger partial charge in [-0.15, -0.1) is 0 Å². The minimum atomic E-state index is 0.439. The summed E-state index contributed by atoms with van der Waals surface area (Å²) in [6, 6.07) is 12.7. The van der Waals surface area contributed by atoms with Crippen LogP contribution in [0.15, 0.2) is 36.4 Å². The summed E-state index contributed by atoms with van der Waals surface area (Å²) in [4.78, 5) is 0. The molecular formula is C19H26N2. The second-order valence-electron chi connectivity index (χ2n) is 7.53. The predicted octanol–water partition coefficient (Wildman–Crippen LogP) is 4.19. The van der Waals surface area contributed by atoms with Crippen molar-refractivity contribution in [1.29, 1.82) is 0 Å². The summed E-state index contributed by atoms with van der Waals surface area (Å²) in [7, 11) is 0. The van der Waals surface area contributed by atoms with E-state index in [1.54, 1.807) is 0 Å². The molecule has 1 saturated carbocycles. The predicted molar refractivity (Wildman–Crippen MR) is 91.1 cm³/mol. The molecule has 3 rings (SSSR count). The van der Waals surface area contributed by atoms with Crippen molar-refractivity contribution in [2.75, 3.05) is 12.3 Å². The molecule has 1 aliphatic rings. The molecule has 2 heteroatoms. The van der Waals surface area contributed by atoms with Crippen LogP contribution >= 0.6 is 0 Å². The number of anilines is 1. The first-order valence-corrected chi connectivity index (χ1v) is 7.82. The highest BCUT2D eigenvalue weighted by Gasteiger charge is 2.63. The van der Waals surface area contributed by atoms with Gasteiger partial charge in [0.05, 0.1) is 0 Å². The monoisotopic (exact) mass is 282 g/mol. The summed E-state index contributed by atoms with van der Waals surface area (Å²) in [6.45, 7) is 11.4. The van der Waals surface area contributed by atoms with E-state index in [0.717, 1.165) is 24.7 Å². The third-order valence-corrected chi connectivity index (χ3v) is 5.99. The van der Waals surface area contributed by atoms with Crippen molar-refractivity contribution in [3.8, 4) is 0 Å². The molecule has 0 bridgehead atoms. The minimum Gasteiger partial charge on any atom is -0.398 e. The zero-order valence-corrected chi connectivity index (χ0v) is 13.5. The summed E-state index contributed by atoms with van der Waals surface area (Å²) in [6.07, 6.45) is 0. The molecule has 0 atom stereocenters. The lowest BCUT2D eigenvalue weighted by molar-refractivity contribution is 0.457. The Morgan fingerprint density at radius 2 is 1.57 bits per heavy atom. The van der Waals surface area contributed by atoms with Gasteiger partial charge in [-0.1, -0.05) is 52.0 Å². The molecule has 0 aromatic heterocycles. The van der Waals surface area contributed by atoms with Gasteiger partial charge in [0.2, 0.25) is 0 Å². The number of nitrogen functional groups attached to an aromatic ring is 1. The number of hydrogen-bond donors (Lipinski definition) is 2. The zero-order valence-electron chi connectivity index (χ0n) is 13.5. The number of benzene rings is 2. The van der Waals surface area contributed by atoms with Crippen molar-refractivity contribution in [3.63, 3.8) is 0 Å². The Hall–Kier alpha value is -1.54. The Morgan fingerprint density at radius 3 is 2.14 bits per heavy atom. The van der Waals surface area contributed by atoms with Crippen molar-refractivity contribution >= 4 is 16.5 Å². The summed E-state index contributed by atoms with van der Waals surface area (Å²) < 4.78 is 0. The smallest absolute Gasteiger partial charge is 0.0366 e. The summed E-state index contributed by atoms with van der Waals surface area (Å²) >= 11 is 0. The van der Waals surface area contributed by atoms with Gasteiger partial charge in [-0.25, -0.2) is 0 Å². The van der Waals surface area contributed by atoms with E-state index in [0.29, 0.717) is 10.8 Å². The Bertz CT molecular complexity index is 656. The van der Waals surface area contributed by atoms with Crippen LogP contribution in [0, 0.1) is 16.7 Å². The minimum absolute atomic E-state index is 0.439. The molecule has 2 aromatic carbocycles. The van der Waals surface area contributed by atoms with Crippen molar-refractivity contribution in [2.45, 2.75) is 34.2 Å². The molecule has 3 N–H and O–H groups in total.